The Morgan fingerprint density at radius 2 is 1.82 bits per heavy atom. The minimum absolute atomic E-state index is 0.125. The highest BCUT2D eigenvalue weighted by Gasteiger charge is 2.18. The number of nitrogens with zero attached hydrogens (tertiary/aromatic N) is 1. The third-order valence-electron chi connectivity index (χ3n) is 5.00. The Morgan fingerprint density at radius 1 is 1.09 bits per heavy atom. The lowest BCUT2D eigenvalue weighted by Gasteiger charge is -2.19. The molecule has 0 bridgehead atoms. The lowest BCUT2D eigenvalue weighted by Crippen LogP contribution is -2.36. The van der Waals surface area contributed by atoms with Crippen LogP contribution in [-0.4, -0.2) is 42.4 Å². The first-order chi connectivity index (χ1) is 16.0. The van der Waals surface area contributed by atoms with Crippen LogP contribution in [0.25, 0.3) is 11.3 Å². The Labute approximate surface area is 200 Å². The molecule has 7 nitrogen and oxygen atoms in total. The summed E-state index contributed by atoms with van der Waals surface area (Å²) >= 11 is 4.23. The summed E-state index contributed by atoms with van der Waals surface area (Å²) in [5, 5.41) is 6.15. The number of carbonyl (C=O) groups is 1. The van der Waals surface area contributed by atoms with Crippen LogP contribution in [0.5, 0.6) is 11.6 Å². The molecule has 1 amide bonds. The summed E-state index contributed by atoms with van der Waals surface area (Å²) in [6.45, 7) is 2.59. The van der Waals surface area contributed by atoms with E-state index in [1.54, 1.807) is 14.0 Å². The predicted molar refractivity (Wildman–Crippen MR) is 135 cm³/mol. The number of benzene rings is 2. The molecule has 2 atom stereocenters. The topological polar surface area (TPSA) is 98.5 Å². The first kappa shape index (κ1) is 24.4. The number of ether oxygens (including phenoxy) is 2. The van der Waals surface area contributed by atoms with Crippen molar-refractivity contribution in [2.24, 2.45) is 5.73 Å². The van der Waals surface area contributed by atoms with E-state index in [2.05, 4.69) is 28.2 Å². The summed E-state index contributed by atoms with van der Waals surface area (Å²) in [6, 6.07) is 21.0. The van der Waals surface area contributed by atoms with Gasteiger partial charge in [-0.3, -0.25) is 4.79 Å². The smallest absolute Gasteiger partial charge is 0.261 e. The number of amides is 1. The molecule has 3 rings (SSSR count). The Kier molecular flexibility index (Phi) is 8.97. The van der Waals surface area contributed by atoms with Gasteiger partial charge < -0.3 is 25.8 Å². The molecule has 0 saturated carbocycles. The van der Waals surface area contributed by atoms with Crippen LogP contribution in [0.3, 0.4) is 0 Å². The number of anilines is 1. The monoisotopic (exact) mass is 466 g/mol. The van der Waals surface area contributed by atoms with Crippen LogP contribution in [0.15, 0.2) is 66.7 Å². The second kappa shape index (κ2) is 12.1. The highest BCUT2D eigenvalue weighted by atomic mass is 32.1. The van der Waals surface area contributed by atoms with Crippen LogP contribution in [0.2, 0.25) is 0 Å². The fourth-order valence-corrected chi connectivity index (χ4v) is 3.17. The summed E-state index contributed by atoms with van der Waals surface area (Å²) in [7, 11) is 1.62. The first-order valence-electron chi connectivity index (χ1n) is 10.7. The van der Waals surface area contributed by atoms with Gasteiger partial charge in [-0.1, -0.05) is 42.5 Å². The van der Waals surface area contributed by atoms with Gasteiger partial charge in [0.05, 0.1) is 18.5 Å². The number of methoxy groups -OCH3 is 1. The van der Waals surface area contributed by atoms with Crippen LogP contribution >= 0.6 is 12.6 Å². The molecule has 174 valence electrons. The summed E-state index contributed by atoms with van der Waals surface area (Å²) in [5.74, 6) is 1.41. The van der Waals surface area contributed by atoms with Crippen molar-refractivity contribution in [1.29, 1.82) is 0 Å². The molecule has 0 saturated heterocycles. The summed E-state index contributed by atoms with van der Waals surface area (Å²) in [6.07, 6.45) is -0.749. The van der Waals surface area contributed by atoms with E-state index in [1.807, 2.05) is 66.7 Å². The van der Waals surface area contributed by atoms with Crippen molar-refractivity contribution in [3.63, 3.8) is 0 Å². The molecular formula is C25H30N4O3S. The Hall–Kier alpha value is -3.23. The third kappa shape index (κ3) is 7.13. The Morgan fingerprint density at radius 3 is 2.48 bits per heavy atom. The molecular weight excluding hydrogens is 436 g/mol. The van der Waals surface area contributed by atoms with Gasteiger partial charge >= 0.3 is 0 Å². The summed E-state index contributed by atoms with van der Waals surface area (Å²) < 4.78 is 11.2. The van der Waals surface area contributed by atoms with E-state index in [1.165, 1.54) is 0 Å². The van der Waals surface area contributed by atoms with Crippen molar-refractivity contribution in [1.82, 2.24) is 10.3 Å². The van der Waals surface area contributed by atoms with E-state index in [0.29, 0.717) is 30.4 Å². The average Bonchev–Trinajstić information content (AvgIpc) is 2.86. The van der Waals surface area contributed by atoms with Crippen LogP contribution in [-0.2, 0) is 11.3 Å². The molecule has 3 aromatic rings. The zero-order valence-electron chi connectivity index (χ0n) is 18.8. The maximum atomic E-state index is 12.7. The molecule has 4 N–H and O–H groups in total. The molecule has 0 aliphatic rings. The lowest BCUT2D eigenvalue weighted by atomic mass is 10.1. The summed E-state index contributed by atoms with van der Waals surface area (Å²) in [5.41, 5.74) is 9.32. The van der Waals surface area contributed by atoms with Crippen LogP contribution in [0.1, 0.15) is 12.5 Å². The minimum Gasteiger partial charge on any atom is -0.497 e. The SMILES string of the molecule is COc1ccc(CNC(=O)[C@@H](C)Oc2nc(-c3ccccc3)ccc2NCC(N)CS)cc1. The normalized spacial score (nSPS) is 12.5. The van der Waals surface area contributed by atoms with E-state index >= 15 is 0 Å². The van der Waals surface area contributed by atoms with E-state index in [9.17, 15) is 4.79 Å². The number of rotatable bonds is 11. The zero-order chi connectivity index (χ0) is 23.6. The lowest BCUT2D eigenvalue weighted by molar-refractivity contribution is -0.127. The van der Waals surface area contributed by atoms with Gasteiger partial charge in [0.15, 0.2) is 6.10 Å². The Balaban J connectivity index is 1.71. The molecule has 0 radical (unpaired) electrons. The number of nitrogens with two attached hydrogens (primary N) is 1. The molecule has 1 unspecified atom stereocenters. The van der Waals surface area contributed by atoms with Crippen molar-refractivity contribution in [3.8, 4) is 22.9 Å². The zero-order valence-corrected chi connectivity index (χ0v) is 19.7. The molecule has 0 aliphatic carbocycles. The molecule has 0 spiro atoms. The minimum atomic E-state index is -0.749. The molecule has 33 heavy (non-hydrogen) atoms. The van der Waals surface area contributed by atoms with Gasteiger partial charge in [0.1, 0.15) is 5.75 Å². The van der Waals surface area contributed by atoms with Crippen molar-refractivity contribution in [2.75, 3.05) is 24.7 Å². The quantitative estimate of drug-likeness (QED) is 0.323. The number of pyridine rings is 1. The number of carbonyl (C=O) groups excluding carboxylic acids is 1. The molecule has 0 aliphatic heterocycles. The highest BCUT2D eigenvalue weighted by molar-refractivity contribution is 7.80. The standard InChI is InChI=1S/C25H30N4O3S/c1-17(24(30)28-14-18-8-10-21(31-2)11-9-18)32-25-23(27-15-20(26)16-33)13-12-22(29-25)19-6-4-3-5-7-19/h3-13,17,20,27,33H,14-16,26H2,1-2H3,(H,28,30)/t17-,20?/m1/s1. The second-order valence-electron chi connectivity index (χ2n) is 7.56. The van der Waals surface area contributed by atoms with Gasteiger partial charge in [-0.2, -0.15) is 12.6 Å². The number of nitrogens with one attached hydrogen (secondary N) is 2. The molecule has 8 heteroatoms. The van der Waals surface area contributed by atoms with Crippen molar-refractivity contribution in [2.45, 2.75) is 25.6 Å². The fourth-order valence-electron chi connectivity index (χ4n) is 3.04. The van der Waals surface area contributed by atoms with Gasteiger partial charge in [-0.25, -0.2) is 4.98 Å². The van der Waals surface area contributed by atoms with Crippen molar-refractivity contribution >= 4 is 24.2 Å². The van der Waals surface area contributed by atoms with Gasteiger partial charge in [-0.05, 0) is 36.8 Å². The molecule has 1 aromatic heterocycles. The largest absolute Gasteiger partial charge is 0.497 e. The van der Waals surface area contributed by atoms with Gasteiger partial charge in [-0.15, -0.1) is 0 Å². The maximum Gasteiger partial charge on any atom is 0.261 e. The number of hydrogen-bond donors (Lipinski definition) is 4. The number of thiol groups is 1. The number of aromatic nitrogens is 1. The second-order valence-corrected chi connectivity index (χ2v) is 7.93. The first-order valence-corrected chi connectivity index (χ1v) is 11.4. The fraction of sp³-hybridized carbons (Fsp3) is 0.280. The number of hydrogen-bond acceptors (Lipinski definition) is 7. The van der Waals surface area contributed by atoms with E-state index < -0.39 is 6.10 Å². The highest BCUT2D eigenvalue weighted by Crippen LogP contribution is 2.28. The van der Waals surface area contributed by atoms with Crippen molar-refractivity contribution in [3.05, 3.63) is 72.3 Å². The van der Waals surface area contributed by atoms with Crippen molar-refractivity contribution < 1.29 is 14.3 Å². The predicted octanol–water partition coefficient (Wildman–Crippen LogP) is 3.51. The van der Waals surface area contributed by atoms with Gasteiger partial charge in [0, 0.05) is 30.4 Å². The van der Waals surface area contributed by atoms with E-state index in [4.69, 9.17) is 15.2 Å². The van der Waals surface area contributed by atoms with Gasteiger partial charge in [0.2, 0.25) is 5.88 Å². The summed E-state index contributed by atoms with van der Waals surface area (Å²) in [4.78, 5) is 17.4. The average molecular weight is 467 g/mol. The molecule has 0 fully saturated rings. The molecule has 2 aromatic carbocycles. The third-order valence-corrected chi connectivity index (χ3v) is 5.47. The van der Waals surface area contributed by atoms with E-state index in [0.717, 1.165) is 22.6 Å². The maximum absolute atomic E-state index is 12.7. The van der Waals surface area contributed by atoms with Gasteiger partial charge in [0.25, 0.3) is 5.91 Å². The molecule has 1 heterocycles. The Bertz CT molecular complexity index is 1030. The van der Waals surface area contributed by atoms with Crippen LogP contribution in [0, 0.1) is 0 Å². The van der Waals surface area contributed by atoms with Crippen LogP contribution in [0.4, 0.5) is 5.69 Å². The van der Waals surface area contributed by atoms with E-state index in [-0.39, 0.29) is 11.9 Å². The van der Waals surface area contributed by atoms with Crippen LogP contribution < -0.4 is 25.8 Å².